The number of ether oxygens (including phenoxy) is 1. The molecule has 7 nitrogen and oxygen atoms in total. The minimum absolute atomic E-state index is 0.0197. The molecule has 2 heterocycles. The monoisotopic (exact) mass is 482 g/mol. The molecule has 1 aliphatic heterocycles. The summed E-state index contributed by atoms with van der Waals surface area (Å²) in [6.07, 6.45) is 1.59. The second kappa shape index (κ2) is 11.2. The number of methoxy groups -OCH3 is 1. The van der Waals surface area contributed by atoms with E-state index in [1.54, 1.807) is 7.11 Å². The average molecular weight is 483 g/mol. The summed E-state index contributed by atoms with van der Waals surface area (Å²) in [6.45, 7) is 2.19. The Bertz CT molecular complexity index is 1210. The van der Waals surface area contributed by atoms with Crippen LogP contribution >= 0.6 is 0 Å². The Morgan fingerprint density at radius 1 is 0.972 bits per heavy atom. The first kappa shape index (κ1) is 23.8. The third-order valence-electron chi connectivity index (χ3n) is 6.69. The molecule has 0 atom stereocenters. The summed E-state index contributed by atoms with van der Waals surface area (Å²) in [6, 6.07) is 27.7. The largest absolute Gasteiger partial charge is 0.497 e. The number of benzene rings is 3. The normalized spacial score (nSPS) is 14.6. The molecule has 1 saturated heterocycles. The zero-order chi connectivity index (χ0) is 24.7. The van der Waals surface area contributed by atoms with Crippen LogP contribution in [0.4, 0.5) is 0 Å². The Balaban J connectivity index is 1.17. The molecule has 3 aromatic carbocycles. The molecular weight excluding hydrogens is 452 g/mol. The van der Waals surface area contributed by atoms with Crippen LogP contribution in [0.3, 0.4) is 0 Å². The van der Waals surface area contributed by atoms with Gasteiger partial charge in [0.1, 0.15) is 5.75 Å². The lowest BCUT2D eigenvalue weighted by Gasteiger charge is -2.31. The van der Waals surface area contributed by atoms with E-state index in [0.29, 0.717) is 18.3 Å². The van der Waals surface area contributed by atoms with Crippen LogP contribution in [0.1, 0.15) is 35.9 Å². The van der Waals surface area contributed by atoms with Gasteiger partial charge in [-0.05, 0) is 61.3 Å². The minimum Gasteiger partial charge on any atom is -0.497 e. The van der Waals surface area contributed by atoms with Crippen LogP contribution in [0.2, 0.25) is 0 Å². The number of piperidine rings is 1. The molecule has 1 fully saturated rings. The summed E-state index contributed by atoms with van der Waals surface area (Å²) in [5.74, 6) is 2.01. The summed E-state index contributed by atoms with van der Waals surface area (Å²) in [5.41, 5.74) is 3.05. The number of nitrogens with one attached hydrogen (secondary N) is 1. The van der Waals surface area contributed by atoms with Crippen LogP contribution < -0.4 is 10.1 Å². The number of hydrogen-bond acceptors (Lipinski definition) is 6. The molecule has 7 heteroatoms. The van der Waals surface area contributed by atoms with Gasteiger partial charge in [0.25, 0.3) is 0 Å². The Hall–Kier alpha value is -3.97. The average Bonchev–Trinajstić information content (AvgIpc) is 3.41. The van der Waals surface area contributed by atoms with Crippen molar-refractivity contribution in [2.24, 2.45) is 5.92 Å². The number of carbonyl (C=O) groups is 1. The van der Waals surface area contributed by atoms with Crippen molar-refractivity contribution in [3.8, 4) is 17.1 Å². The number of amides is 1. The van der Waals surface area contributed by atoms with Gasteiger partial charge in [0, 0.05) is 11.5 Å². The van der Waals surface area contributed by atoms with Gasteiger partial charge in [0.2, 0.25) is 17.6 Å². The van der Waals surface area contributed by atoms with Crippen molar-refractivity contribution >= 4 is 5.91 Å². The zero-order valence-electron chi connectivity index (χ0n) is 20.3. The van der Waals surface area contributed by atoms with Crippen molar-refractivity contribution in [2.75, 3.05) is 20.2 Å². The molecule has 4 aromatic rings. The molecule has 0 saturated carbocycles. The Kier molecular flexibility index (Phi) is 7.38. The van der Waals surface area contributed by atoms with Crippen molar-refractivity contribution in [3.63, 3.8) is 0 Å². The van der Waals surface area contributed by atoms with Crippen LogP contribution in [-0.4, -0.2) is 41.1 Å². The third-order valence-corrected chi connectivity index (χ3v) is 6.69. The van der Waals surface area contributed by atoms with Gasteiger partial charge >= 0.3 is 0 Å². The van der Waals surface area contributed by atoms with Crippen LogP contribution in [0.25, 0.3) is 11.4 Å². The summed E-state index contributed by atoms with van der Waals surface area (Å²) >= 11 is 0. The summed E-state index contributed by atoms with van der Waals surface area (Å²) in [7, 11) is 1.64. The van der Waals surface area contributed by atoms with Gasteiger partial charge in [-0.25, -0.2) is 0 Å². The molecule has 0 aliphatic carbocycles. The first-order valence-electron chi connectivity index (χ1n) is 12.3. The van der Waals surface area contributed by atoms with E-state index in [9.17, 15) is 4.79 Å². The topological polar surface area (TPSA) is 80.5 Å². The standard InChI is InChI=1S/C29H30N4O3/c1-35-25-14-12-23(13-15-25)28-30-26(36-32-28)20-33-18-16-24(17-19-33)29(34)31-27(21-8-4-2-5-9-21)22-10-6-3-7-11-22/h2-15,24,27H,16-20H2,1H3,(H,31,34). The number of rotatable bonds is 8. The molecule has 5 rings (SSSR count). The van der Waals surface area contributed by atoms with Crippen LogP contribution in [-0.2, 0) is 11.3 Å². The second-order valence-electron chi connectivity index (χ2n) is 9.05. The number of likely N-dealkylation sites (tertiary alicyclic amines) is 1. The lowest BCUT2D eigenvalue weighted by Crippen LogP contribution is -2.41. The van der Waals surface area contributed by atoms with E-state index in [4.69, 9.17) is 9.26 Å². The number of carbonyl (C=O) groups excluding carboxylic acids is 1. The molecule has 0 spiro atoms. The SMILES string of the molecule is COc1ccc(-c2noc(CN3CCC(C(=O)NC(c4ccccc4)c4ccccc4)CC3)n2)cc1. The van der Waals surface area contributed by atoms with Gasteiger partial charge in [-0.15, -0.1) is 0 Å². The molecule has 0 radical (unpaired) electrons. The van der Waals surface area contributed by atoms with E-state index < -0.39 is 0 Å². The first-order valence-corrected chi connectivity index (χ1v) is 12.3. The minimum atomic E-state index is -0.160. The van der Waals surface area contributed by atoms with E-state index in [0.717, 1.165) is 48.4 Å². The number of aromatic nitrogens is 2. The Labute approximate surface area is 211 Å². The smallest absolute Gasteiger partial charge is 0.241 e. The molecule has 1 aromatic heterocycles. The maximum atomic E-state index is 13.2. The second-order valence-corrected chi connectivity index (χ2v) is 9.05. The highest BCUT2D eigenvalue weighted by molar-refractivity contribution is 5.79. The fourth-order valence-electron chi connectivity index (χ4n) is 4.63. The predicted octanol–water partition coefficient (Wildman–Crippen LogP) is 4.86. The van der Waals surface area contributed by atoms with Gasteiger partial charge in [-0.1, -0.05) is 65.8 Å². The van der Waals surface area contributed by atoms with Crippen LogP contribution in [0.5, 0.6) is 5.75 Å². The van der Waals surface area contributed by atoms with Gasteiger partial charge in [0.05, 0.1) is 19.7 Å². The van der Waals surface area contributed by atoms with E-state index in [-0.39, 0.29) is 17.9 Å². The lowest BCUT2D eigenvalue weighted by molar-refractivity contribution is -0.127. The summed E-state index contributed by atoms with van der Waals surface area (Å²) < 4.78 is 10.7. The van der Waals surface area contributed by atoms with E-state index >= 15 is 0 Å². The van der Waals surface area contributed by atoms with E-state index in [1.807, 2.05) is 60.7 Å². The Morgan fingerprint density at radius 2 is 1.58 bits per heavy atom. The van der Waals surface area contributed by atoms with Crippen LogP contribution in [0, 0.1) is 5.92 Å². The maximum absolute atomic E-state index is 13.2. The maximum Gasteiger partial charge on any atom is 0.241 e. The highest BCUT2D eigenvalue weighted by Gasteiger charge is 2.28. The van der Waals surface area contributed by atoms with Gasteiger partial charge in [-0.3, -0.25) is 9.69 Å². The predicted molar refractivity (Wildman–Crippen MR) is 137 cm³/mol. The summed E-state index contributed by atoms with van der Waals surface area (Å²) in [4.78, 5) is 20.1. The lowest BCUT2D eigenvalue weighted by atomic mass is 9.93. The Morgan fingerprint density at radius 3 is 2.17 bits per heavy atom. The quantitative estimate of drug-likeness (QED) is 0.386. The van der Waals surface area contributed by atoms with Crippen molar-refractivity contribution in [3.05, 3.63) is 102 Å². The zero-order valence-corrected chi connectivity index (χ0v) is 20.3. The molecular formula is C29H30N4O3. The summed E-state index contributed by atoms with van der Waals surface area (Å²) in [5, 5.41) is 7.43. The fraction of sp³-hybridized carbons (Fsp3) is 0.276. The highest BCUT2D eigenvalue weighted by Crippen LogP contribution is 2.25. The highest BCUT2D eigenvalue weighted by atomic mass is 16.5. The number of nitrogens with zero attached hydrogens (tertiary/aromatic N) is 3. The van der Waals surface area contributed by atoms with Gasteiger partial charge < -0.3 is 14.6 Å². The molecule has 184 valence electrons. The van der Waals surface area contributed by atoms with Crippen molar-refractivity contribution in [1.29, 1.82) is 0 Å². The van der Waals surface area contributed by atoms with E-state index in [2.05, 4.69) is 44.6 Å². The molecule has 1 aliphatic rings. The molecule has 36 heavy (non-hydrogen) atoms. The van der Waals surface area contributed by atoms with Gasteiger partial charge in [-0.2, -0.15) is 4.98 Å². The van der Waals surface area contributed by atoms with Gasteiger partial charge in [0.15, 0.2) is 0 Å². The molecule has 0 unspecified atom stereocenters. The molecule has 1 amide bonds. The van der Waals surface area contributed by atoms with Crippen molar-refractivity contribution in [1.82, 2.24) is 20.4 Å². The third kappa shape index (κ3) is 5.63. The number of hydrogen-bond donors (Lipinski definition) is 1. The van der Waals surface area contributed by atoms with Crippen LogP contribution in [0.15, 0.2) is 89.5 Å². The molecule has 0 bridgehead atoms. The first-order chi connectivity index (χ1) is 17.7. The van der Waals surface area contributed by atoms with Crippen molar-refractivity contribution < 1.29 is 14.1 Å². The van der Waals surface area contributed by atoms with Crippen molar-refractivity contribution in [2.45, 2.75) is 25.4 Å². The van der Waals surface area contributed by atoms with E-state index in [1.165, 1.54) is 0 Å². The fourth-order valence-corrected chi connectivity index (χ4v) is 4.63. The molecule has 1 N–H and O–H groups in total.